The predicted molar refractivity (Wildman–Crippen MR) is 46.5 cm³/mol. The number of aryl methyl sites for hydroxylation is 1. The topological polar surface area (TPSA) is 44.0 Å². The van der Waals surface area contributed by atoms with Crippen molar-refractivity contribution in [2.75, 3.05) is 0 Å². The molecule has 68 valence electrons. The molecule has 0 saturated heterocycles. The van der Waals surface area contributed by atoms with Gasteiger partial charge in [-0.25, -0.2) is 4.39 Å². The second-order valence-corrected chi connectivity index (χ2v) is 2.93. The molecule has 0 bridgehead atoms. The van der Waals surface area contributed by atoms with Crippen molar-refractivity contribution < 1.29 is 9.50 Å². The van der Waals surface area contributed by atoms with Crippen LogP contribution in [0.4, 0.5) is 4.39 Å². The van der Waals surface area contributed by atoms with Gasteiger partial charge in [-0.15, -0.1) is 0 Å². The summed E-state index contributed by atoms with van der Waals surface area (Å²) < 4.78 is 13.3. The van der Waals surface area contributed by atoms with Gasteiger partial charge in [0.1, 0.15) is 11.9 Å². The molecule has 0 spiro atoms. The van der Waals surface area contributed by atoms with E-state index in [-0.39, 0.29) is 12.2 Å². The van der Waals surface area contributed by atoms with Crippen molar-refractivity contribution in [1.29, 1.82) is 5.26 Å². The van der Waals surface area contributed by atoms with Gasteiger partial charge in [0.05, 0.1) is 12.2 Å². The molecular formula is C10H10FNO. The molecule has 1 aromatic carbocycles. The Kier molecular flexibility index (Phi) is 2.64. The minimum Gasteiger partial charge on any atom is -0.392 e. The van der Waals surface area contributed by atoms with Crippen LogP contribution < -0.4 is 0 Å². The molecule has 0 saturated carbocycles. The predicted octanol–water partition coefficient (Wildman–Crippen LogP) is 1.81. The molecule has 0 aliphatic carbocycles. The molecule has 0 aromatic heterocycles. The first kappa shape index (κ1) is 9.69. The van der Waals surface area contributed by atoms with E-state index in [0.29, 0.717) is 11.1 Å². The molecule has 0 amide bonds. The van der Waals surface area contributed by atoms with Gasteiger partial charge in [0.25, 0.3) is 0 Å². The van der Waals surface area contributed by atoms with Crippen LogP contribution in [0, 0.1) is 31.0 Å². The van der Waals surface area contributed by atoms with E-state index in [1.54, 1.807) is 19.9 Å². The maximum Gasteiger partial charge on any atom is 0.144 e. The summed E-state index contributed by atoms with van der Waals surface area (Å²) in [4.78, 5) is 0. The second-order valence-electron chi connectivity index (χ2n) is 2.93. The number of halogens is 1. The Balaban J connectivity index is 3.48. The van der Waals surface area contributed by atoms with Crippen molar-refractivity contribution in [1.82, 2.24) is 0 Å². The molecule has 0 radical (unpaired) electrons. The minimum atomic E-state index is -0.530. The largest absolute Gasteiger partial charge is 0.392 e. The van der Waals surface area contributed by atoms with Crippen LogP contribution in [0.1, 0.15) is 22.3 Å². The summed E-state index contributed by atoms with van der Waals surface area (Å²) in [5, 5.41) is 17.5. The van der Waals surface area contributed by atoms with Crippen LogP contribution in [0.25, 0.3) is 0 Å². The first-order chi connectivity index (χ1) is 6.11. The Morgan fingerprint density at radius 1 is 1.54 bits per heavy atom. The third-order valence-corrected chi connectivity index (χ3v) is 2.13. The lowest BCUT2D eigenvalue weighted by Crippen LogP contribution is -1.99. The highest BCUT2D eigenvalue weighted by molar-refractivity contribution is 5.43. The van der Waals surface area contributed by atoms with Crippen molar-refractivity contribution in [3.05, 3.63) is 34.1 Å². The van der Waals surface area contributed by atoms with E-state index < -0.39 is 5.82 Å². The first-order valence-corrected chi connectivity index (χ1v) is 3.91. The molecule has 2 nitrogen and oxygen atoms in total. The highest BCUT2D eigenvalue weighted by Gasteiger charge is 2.11. The number of rotatable bonds is 1. The smallest absolute Gasteiger partial charge is 0.144 e. The highest BCUT2D eigenvalue weighted by atomic mass is 19.1. The van der Waals surface area contributed by atoms with Crippen molar-refractivity contribution in [3.63, 3.8) is 0 Å². The molecule has 0 atom stereocenters. The number of benzene rings is 1. The summed E-state index contributed by atoms with van der Waals surface area (Å²) in [6, 6.07) is 3.22. The molecule has 0 unspecified atom stereocenters. The van der Waals surface area contributed by atoms with Crippen LogP contribution >= 0.6 is 0 Å². The Bertz CT molecular complexity index is 376. The molecule has 0 heterocycles. The summed E-state index contributed by atoms with van der Waals surface area (Å²) in [5.41, 5.74) is 1.71. The monoisotopic (exact) mass is 179 g/mol. The van der Waals surface area contributed by atoms with Gasteiger partial charge >= 0.3 is 0 Å². The third kappa shape index (κ3) is 1.53. The van der Waals surface area contributed by atoms with E-state index in [4.69, 9.17) is 10.4 Å². The van der Waals surface area contributed by atoms with E-state index >= 15 is 0 Å². The number of nitrogens with zero attached hydrogens (tertiary/aromatic N) is 1. The summed E-state index contributed by atoms with van der Waals surface area (Å²) in [6.45, 7) is 3.12. The average Bonchev–Trinajstić information content (AvgIpc) is 2.12. The molecule has 1 N–H and O–H groups in total. The lowest BCUT2D eigenvalue weighted by molar-refractivity contribution is 0.279. The summed E-state index contributed by atoms with van der Waals surface area (Å²) in [6.07, 6.45) is 0. The van der Waals surface area contributed by atoms with Gasteiger partial charge in [-0.1, -0.05) is 0 Å². The van der Waals surface area contributed by atoms with Crippen LogP contribution in [-0.2, 0) is 6.61 Å². The van der Waals surface area contributed by atoms with E-state index in [1.165, 1.54) is 6.07 Å². The third-order valence-electron chi connectivity index (χ3n) is 2.13. The zero-order chi connectivity index (χ0) is 10.0. The molecule has 0 aliphatic heterocycles. The number of aliphatic hydroxyl groups is 1. The molecular weight excluding hydrogens is 169 g/mol. The summed E-state index contributed by atoms with van der Waals surface area (Å²) in [5.74, 6) is -0.530. The van der Waals surface area contributed by atoms with Crippen LogP contribution in [0.5, 0.6) is 0 Å². The lowest BCUT2D eigenvalue weighted by Gasteiger charge is -2.08. The van der Waals surface area contributed by atoms with Gasteiger partial charge in [0.2, 0.25) is 0 Å². The fourth-order valence-electron chi connectivity index (χ4n) is 1.32. The average molecular weight is 179 g/mol. The normalized spacial score (nSPS) is 9.77. The minimum absolute atomic E-state index is 0.0344. The Labute approximate surface area is 76.2 Å². The van der Waals surface area contributed by atoms with Gasteiger partial charge in [-0.2, -0.15) is 5.26 Å². The molecule has 1 rings (SSSR count). The van der Waals surface area contributed by atoms with Crippen LogP contribution in [0.2, 0.25) is 0 Å². The molecule has 13 heavy (non-hydrogen) atoms. The molecule has 1 aromatic rings. The number of nitriles is 1. The molecule has 0 aliphatic rings. The van der Waals surface area contributed by atoms with Crippen molar-refractivity contribution >= 4 is 0 Å². The van der Waals surface area contributed by atoms with Crippen LogP contribution in [0.3, 0.4) is 0 Å². The lowest BCUT2D eigenvalue weighted by atomic mass is 9.99. The number of aliphatic hydroxyl groups excluding tert-OH is 1. The molecule has 3 heteroatoms. The standard InChI is InChI=1S/C10H10FNO/c1-6-3-8(4-12)10(11)7(2)9(6)5-13/h3,13H,5H2,1-2H3. The Hall–Kier alpha value is -1.40. The van der Waals surface area contributed by atoms with Crippen molar-refractivity contribution in [2.24, 2.45) is 0 Å². The van der Waals surface area contributed by atoms with Gasteiger partial charge in [0.15, 0.2) is 0 Å². The fraction of sp³-hybridized carbons (Fsp3) is 0.300. The maximum atomic E-state index is 13.3. The van der Waals surface area contributed by atoms with Crippen molar-refractivity contribution in [2.45, 2.75) is 20.5 Å². The fourth-order valence-corrected chi connectivity index (χ4v) is 1.32. The van der Waals surface area contributed by atoms with Crippen molar-refractivity contribution in [3.8, 4) is 6.07 Å². The van der Waals surface area contributed by atoms with E-state index in [2.05, 4.69) is 0 Å². The van der Waals surface area contributed by atoms with E-state index in [1.807, 2.05) is 0 Å². The van der Waals surface area contributed by atoms with E-state index in [0.717, 1.165) is 5.56 Å². The van der Waals surface area contributed by atoms with E-state index in [9.17, 15) is 4.39 Å². The van der Waals surface area contributed by atoms with Gasteiger partial charge in [0, 0.05) is 0 Å². The summed E-state index contributed by atoms with van der Waals surface area (Å²) in [7, 11) is 0. The van der Waals surface area contributed by atoms with Crippen LogP contribution in [0.15, 0.2) is 6.07 Å². The number of hydrogen-bond acceptors (Lipinski definition) is 2. The highest BCUT2D eigenvalue weighted by Crippen LogP contribution is 2.20. The SMILES string of the molecule is Cc1cc(C#N)c(F)c(C)c1CO. The number of hydrogen-bond donors (Lipinski definition) is 1. The zero-order valence-electron chi connectivity index (χ0n) is 7.56. The summed E-state index contributed by atoms with van der Waals surface area (Å²) >= 11 is 0. The molecule has 0 fully saturated rings. The Morgan fingerprint density at radius 3 is 2.62 bits per heavy atom. The van der Waals surface area contributed by atoms with Gasteiger partial charge < -0.3 is 5.11 Å². The van der Waals surface area contributed by atoms with Gasteiger partial charge in [-0.05, 0) is 36.6 Å². The van der Waals surface area contributed by atoms with Crippen LogP contribution in [-0.4, -0.2) is 5.11 Å². The second kappa shape index (κ2) is 3.55. The zero-order valence-corrected chi connectivity index (χ0v) is 7.56. The first-order valence-electron chi connectivity index (χ1n) is 3.91. The maximum absolute atomic E-state index is 13.3. The Morgan fingerprint density at radius 2 is 2.15 bits per heavy atom. The van der Waals surface area contributed by atoms with Gasteiger partial charge in [-0.3, -0.25) is 0 Å². The quantitative estimate of drug-likeness (QED) is 0.714.